The van der Waals surface area contributed by atoms with E-state index in [2.05, 4.69) is 0 Å². The van der Waals surface area contributed by atoms with E-state index in [9.17, 15) is 4.21 Å². The molecule has 0 radical (unpaired) electrons. The molecule has 3 rings (SSSR count). The molecule has 2 aromatic carbocycles. The van der Waals surface area contributed by atoms with Gasteiger partial charge in [-0.3, -0.25) is 0 Å². The van der Waals surface area contributed by atoms with Crippen LogP contribution in [0.15, 0.2) is 59.5 Å². The van der Waals surface area contributed by atoms with Crippen LogP contribution in [0.2, 0.25) is 5.02 Å². The van der Waals surface area contributed by atoms with Crippen LogP contribution in [0.3, 0.4) is 0 Å². The molecule has 4 heteroatoms. The minimum absolute atomic E-state index is 0.177. The molecule has 0 N–H and O–H groups in total. The van der Waals surface area contributed by atoms with Crippen molar-refractivity contribution in [3.8, 4) is 0 Å². The molecule has 0 aromatic heterocycles. The summed E-state index contributed by atoms with van der Waals surface area (Å²) in [6.07, 6.45) is 0.966. The number of benzene rings is 2. The van der Waals surface area contributed by atoms with Crippen molar-refractivity contribution in [2.45, 2.75) is 22.5 Å². The maximum atomic E-state index is 13.6. The summed E-state index contributed by atoms with van der Waals surface area (Å²) >= 11 is 5.94. The number of nitrogens with zero attached hydrogens (tertiary/aromatic N) is 1. The van der Waals surface area contributed by atoms with Crippen LogP contribution in [0.5, 0.6) is 0 Å². The molecule has 1 saturated carbocycles. The van der Waals surface area contributed by atoms with Gasteiger partial charge in [0.05, 0.1) is 0 Å². The maximum absolute atomic E-state index is 13.6. The van der Waals surface area contributed by atoms with Crippen LogP contribution in [0, 0.1) is 0 Å². The fourth-order valence-corrected chi connectivity index (χ4v) is 5.91. The van der Waals surface area contributed by atoms with E-state index in [0.29, 0.717) is 5.92 Å². The van der Waals surface area contributed by atoms with E-state index in [0.717, 1.165) is 16.3 Å². The van der Waals surface area contributed by atoms with Gasteiger partial charge in [0.15, 0.2) is 20.3 Å². The van der Waals surface area contributed by atoms with Crippen molar-refractivity contribution in [3.05, 3.63) is 65.2 Å². The molecule has 0 saturated heterocycles. The van der Waals surface area contributed by atoms with Gasteiger partial charge in [0.1, 0.15) is 0 Å². The average molecular weight is 321 g/mol. The van der Waals surface area contributed by atoms with Crippen LogP contribution in [0.4, 0.5) is 0 Å². The summed E-state index contributed by atoms with van der Waals surface area (Å²) in [6.45, 7) is 0. The molecule has 110 valence electrons. The van der Waals surface area contributed by atoms with E-state index in [-0.39, 0.29) is 5.25 Å². The highest BCUT2D eigenvalue weighted by atomic mass is 35.5. The van der Waals surface area contributed by atoms with Gasteiger partial charge in [0.25, 0.3) is 0 Å². The van der Waals surface area contributed by atoms with E-state index in [1.165, 1.54) is 5.56 Å². The minimum atomic E-state index is -2.20. The first-order valence-electron chi connectivity index (χ1n) is 7.04. The summed E-state index contributed by atoms with van der Waals surface area (Å²) in [4.78, 5) is 0.927. The highest BCUT2D eigenvalue weighted by Crippen LogP contribution is 2.52. The van der Waals surface area contributed by atoms with Gasteiger partial charge >= 0.3 is 0 Å². The standard InChI is InChI=1S/C17H19ClNOS/c1-19(2)21(20,15-6-4-3-5-7-15)17-12-16(17)13-8-10-14(18)11-9-13/h3-11,16-17H,12H2,1-2H3/q+1/t16-,17+,21?/m1/s1. The van der Waals surface area contributed by atoms with Crippen molar-refractivity contribution >= 4 is 21.7 Å². The van der Waals surface area contributed by atoms with Gasteiger partial charge in [-0.2, -0.15) is 0 Å². The molecule has 1 aliphatic carbocycles. The topological polar surface area (TPSA) is 20.3 Å². The Kier molecular flexibility index (Phi) is 3.91. The first-order chi connectivity index (χ1) is 10.0. The molecule has 1 aliphatic rings. The van der Waals surface area contributed by atoms with Crippen molar-refractivity contribution in [1.29, 1.82) is 0 Å². The monoisotopic (exact) mass is 320 g/mol. The maximum Gasteiger partial charge on any atom is 0.193 e. The second-order valence-corrected chi connectivity index (χ2v) is 9.01. The van der Waals surface area contributed by atoms with E-state index in [4.69, 9.17) is 11.6 Å². The molecule has 0 heterocycles. The number of hydrogen-bond donors (Lipinski definition) is 0. The van der Waals surface area contributed by atoms with E-state index in [1.807, 2.05) is 73.0 Å². The molecule has 3 atom stereocenters. The fourth-order valence-electron chi connectivity index (χ4n) is 2.86. The van der Waals surface area contributed by atoms with Gasteiger partial charge in [0.2, 0.25) is 0 Å². The summed E-state index contributed by atoms with van der Waals surface area (Å²) < 4.78 is 15.5. The second kappa shape index (κ2) is 5.56. The Balaban J connectivity index is 1.91. The molecule has 0 amide bonds. The second-order valence-electron chi connectivity index (χ2n) is 5.63. The van der Waals surface area contributed by atoms with E-state index >= 15 is 0 Å². The molecule has 21 heavy (non-hydrogen) atoms. The largest absolute Gasteiger partial charge is 0.193 e. The van der Waals surface area contributed by atoms with Crippen molar-refractivity contribution in [2.24, 2.45) is 0 Å². The fraction of sp³-hybridized carbons (Fsp3) is 0.294. The van der Waals surface area contributed by atoms with Crippen LogP contribution < -0.4 is 0 Å². The first kappa shape index (κ1) is 14.8. The Hall–Kier alpha value is -1.16. The zero-order chi connectivity index (χ0) is 15.0. The Morgan fingerprint density at radius 2 is 1.67 bits per heavy atom. The first-order valence-corrected chi connectivity index (χ1v) is 9.00. The van der Waals surface area contributed by atoms with Gasteiger partial charge in [-0.05, 0) is 29.8 Å². The summed E-state index contributed by atoms with van der Waals surface area (Å²) in [5.74, 6) is 0.359. The van der Waals surface area contributed by atoms with E-state index in [1.54, 1.807) is 0 Å². The van der Waals surface area contributed by atoms with Gasteiger partial charge in [-0.25, -0.2) is 0 Å². The number of rotatable bonds is 4. The number of halogens is 1. The predicted molar refractivity (Wildman–Crippen MR) is 89.0 cm³/mol. The zero-order valence-electron chi connectivity index (χ0n) is 12.2. The van der Waals surface area contributed by atoms with Crippen molar-refractivity contribution in [1.82, 2.24) is 4.31 Å². The van der Waals surface area contributed by atoms with Crippen molar-refractivity contribution in [2.75, 3.05) is 14.1 Å². The van der Waals surface area contributed by atoms with Crippen LogP contribution in [0.1, 0.15) is 17.9 Å². The molecular formula is C17H19ClNOS+. The highest BCUT2D eigenvalue weighted by molar-refractivity contribution is 8.01. The Bertz CT molecular complexity index is 669. The number of hydrogen-bond acceptors (Lipinski definition) is 1. The molecule has 0 aliphatic heterocycles. The molecular weight excluding hydrogens is 302 g/mol. The quantitative estimate of drug-likeness (QED) is 0.772. The smallest absolute Gasteiger partial charge is 0.126 e. The van der Waals surface area contributed by atoms with Crippen molar-refractivity contribution < 1.29 is 4.21 Å². The van der Waals surface area contributed by atoms with Gasteiger partial charge < -0.3 is 0 Å². The zero-order valence-corrected chi connectivity index (χ0v) is 13.8. The lowest BCUT2D eigenvalue weighted by atomic mass is 10.1. The molecule has 0 spiro atoms. The van der Waals surface area contributed by atoms with Gasteiger partial charge in [0, 0.05) is 31.5 Å². The predicted octanol–water partition coefficient (Wildman–Crippen LogP) is 4.23. The molecule has 2 nitrogen and oxygen atoms in total. The Labute approximate surface area is 132 Å². The normalized spacial score (nSPS) is 23.8. The lowest BCUT2D eigenvalue weighted by Crippen LogP contribution is -2.34. The summed E-state index contributed by atoms with van der Waals surface area (Å²) in [5.41, 5.74) is 1.23. The lowest BCUT2D eigenvalue weighted by molar-refractivity contribution is 0.527. The van der Waals surface area contributed by atoms with Gasteiger partial charge in [-0.15, -0.1) is 4.31 Å². The third kappa shape index (κ3) is 2.66. The SMILES string of the molecule is CN(C)[S+](=O)(c1ccccc1)[C@H]1C[C@@H]1c1ccc(Cl)cc1. The van der Waals surface area contributed by atoms with Crippen molar-refractivity contribution in [3.63, 3.8) is 0 Å². The summed E-state index contributed by atoms with van der Waals surface area (Å²) in [5, 5.41) is 0.920. The van der Waals surface area contributed by atoms with Crippen LogP contribution >= 0.6 is 11.6 Å². The van der Waals surface area contributed by atoms with Crippen LogP contribution in [-0.2, 0) is 14.3 Å². The summed E-state index contributed by atoms with van der Waals surface area (Å²) in [6, 6.07) is 17.7. The average Bonchev–Trinajstić information content (AvgIpc) is 3.29. The molecule has 0 bridgehead atoms. The highest BCUT2D eigenvalue weighted by Gasteiger charge is 2.59. The third-order valence-corrected chi connectivity index (χ3v) is 7.69. The molecule has 2 aromatic rings. The Morgan fingerprint density at radius 3 is 2.24 bits per heavy atom. The molecule has 1 unspecified atom stereocenters. The lowest BCUT2D eigenvalue weighted by Gasteiger charge is -2.18. The minimum Gasteiger partial charge on any atom is -0.126 e. The Morgan fingerprint density at radius 1 is 1.05 bits per heavy atom. The van der Waals surface area contributed by atoms with Crippen LogP contribution in [-0.4, -0.2) is 23.7 Å². The van der Waals surface area contributed by atoms with Gasteiger partial charge in [-0.1, -0.05) is 46.1 Å². The van der Waals surface area contributed by atoms with Crippen LogP contribution in [0.25, 0.3) is 0 Å². The third-order valence-electron chi connectivity index (χ3n) is 4.06. The van der Waals surface area contributed by atoms with E-state index < -0.39 is 10.1 Å². The molecule has 1 fully saturated rings. The summed E-state index contributed by atoms with van der Waals surface area (Å²) in [7, 11) is 1.62.